The quantitative estimate of drug-likeness (QED) is 0.202. The number of furan rings is 1. The molecule has 5 aromatic rings. The average Bonchev–Trinajstić information content (AvgIpc) is 3.59. The zero-order valence-electron chi connectivity index (χ0n) is 22.8. The number of allylic oxidation sites excluding steroid dienone is 1. The van der Waals surface area contributed by atoms with Crippen LogP contribution >= 0.6 is 34.5 Å². The molecule has 0 spiro atoms. The summed E-state index contributed by atoms with van der Waals surface area (Å²) >= 11 is 13.6. The summed E-state index contributed by atoms with van der Waals surface area (Å²) in [7, 11) is 1.60. The Bertz CT molecular complexity index is 2090. The van der Waals surface area contributed by atoms with Crippen LogP contribution < -0.4 is 19.6 Å². The summed E-state index contributed by atoms with van der Waals surface area (Å²) in [6, 6.07) is 19.5. The standard InChI is InChI=1S/C32H24Cl2N2O5S/c1-4-40-31(38)28-17(2)35-32-36(29(28)26-14-13-24(41-26)19-9-11-22(33)23(34)15-19)30(37)27(42-32)16-21-20-8-6-5-7-18(20)10-12-25(21)39-3/h5-16,29H,4H2,1-3H3/b27-16-/t29-/m0/s1. The van der Waals surface area contributed by atoms with Crippen molar-refractivity contribution >= 4 is 57.4 Å². The number of nitrogens with zero attached hydrogens (tertiary/aromatic N) is 2. The number of esters is 1. The third-order valence-corrected chi connectivity index (χ3v) is 8.77. The summed E-state index contributed by atoms with van der Waals surface area (Å²) in [5.41, 5.74) is 1.83. The minimum Gasteiger partial charge on any atom is -0.496 e. The third kappa shape index (κ3) is 4.85. The van der Waals surface area contributed by atoms with Gasteiger partial charge in [0.1, 0.15) is 23.3 Å². The first-order valence-corrected chi connectivity index (χ1v) is 14.7. The van der Waals surface area contributed by atoms with Crippen molar-refractivity contribution in [3.8, 4) is 17.1 Å². The van der Waals surface area contributed by atoms with Gasteiger partial charge < -0.3 is 13.9 Å². The lowest BCUT2D eigenvalue weighted by Gasteiger charge is -2.22. The first kappa shape index (κ1) is 28.0. The molecule has 0 saturated carbocycles. The van der Waals surface area contributed by atoms with Crippen LogP contribution in [0.2, 0.25) is 10.0 Å². The zero-order valence-corrected chi connectivity index (χ0v) is 25.1. The highest BCUT2D eigenvalue weighted by molar-refractivity contribution is 7.07. The second-order valence-corrected chi connectivity index (χ2v) is 11.4. The predicted molar refractivity (Wildman–Crippen MR) is 165 cm³/mol. The smallest absolute Gasteiger partial charge is 0.338 e. The Balaban J connectivity index is 1.56. The van der Waals surface area contributed by atoms with Gasteiger partial charge in [-0.1, -0.05) is 64.9 Å². The molecule has 0 radical (unpaired) electrons. The summed E-state index contributed by atoms with van der Waals surface area (Å²) < 4.78 is 19.2. The number of fused-ring (bicyclic) bond motifs is 2. The highest BCUT2D eigenvalue weighted by atomic mass is 35.5. The van der Waals surface area contributed by atoms with E-state index in [4.69, 9.17) is 37.1 Å². The molecule has 3 heterocycles. The molecule has 0 N–H and O–H groups in total. The minimum atomic E-state index is -0.895. The van der Waals surface area contributed by atoms with Crippen LogP contribution in [0.3, 0.4) is 0 Å². The fraction of sp³-hybridized carbons (Fsp3) is 0.156. The van der Waals surface area contributed by atoms with Crippen molar-refractivity contribution in [1.82, 2.24) is 4.57 Å². The third-order valence-electron chi connectivity index (χ3n) is 7.04. The Labute approximate surface area is 254 Å². The molecule has 6 rings (SSSR count). The number of benzene rings is 3. The molecule has 0 fully saturated rings. The minimum absolute atomic E-state index is 0.167. The summed E-state index contributed by atoms with van der Waals surface area (Å²) in [6.07, 6.45) is 1.81. The molecule has 212 valence electrons. The molecule has 1 aliphatic heterocycles. The largest absolute Gasteiger partial charge is 0.496 e. The van der Waals surface area contributed by atoms with Gasteiger partial charge >= 0.3 is 5.97 Å². The number of methoxy groups -OCH3 is 1. The van der Waals surface area contributed by atoms with Crippen LogP contribution in [0.25, 0.3) is 28.2 Å². The fourth-order valence-electron chi connectivity index (χ4n) is 5.10. The van der Waals surface area contributed by atoms with Gasteiger partial charge in [-0.15, -0.1) is 0 Å². The molecule has 2 aromatic heterocycles. The number of hydrogen-bond acceptors (Lipinski definition) is 7. The van der Waals surface area contributed by atoms with Crippen LogP contribution in [0, 0.1) is 0 Å². The van der Waals surface area contributed by atoms with Crippen molar-refractivity contribution in [3.63, 3.8) is 0 Å². The lowest BCUT2D eigenvalue weighted by molar-refractivity contribution is -0.139. The Kier molecular flexibility index (Phi) is 7.53. The van der Waals surface area contributed by atoms with Gasteiger partial charge in [-0.2, -0.15) is 0 Å². The lowest BCUT2D eigenvalue weighted by atomic mass is 10.0. The van der Waals surface area contributed by atoms with Crippen molar-refractivity contribution in [1.29, 1.82) is 0 Å². The van der Waals surface area contributed by atoms with Crippen molar-refractivity contribution in [2.75, 3.05) is 13.7 Å². The van der Waals surface area contributed by atoms with Gasteiger partial charge in [-0.05, 0) is 67.1 Å². The summed E-state index contributed by atoms with van der Waals surface area (Å²) in [6.45, 7) is 3.62. The Morgan fingerprint density at radius 2 is 1.90 bits per heavy atom. The molecule has 0 saturated heterocycles. The monoisotopic (exact) mass is 618 g/mol. The van der Waals surface area contributed by atoms with E-state index in [2.05, 4.69) is 4.99 Å². The highest BCUT2D eigenvalue weighted by Gasteiger charge is 2.35. The number of aromatic nitrogens is 1. The van der Waals surface area contributed by atoms with E-state index in [1.54, 1.807) is 51.3 Å². The van der Waals surface area contributed by atoms with Gasteiger partial charge in [0.05, 0.1) is 39.6 Å². The van der Waals surface area contributed by atoms with E-state index >= 15 is 0 Å². The first-order chi connectivity index (χ1) is 20.3. The maximum absolute atomic E-state index is 14.1. The van der Waals surface area contributed by atoms with E-state index in [9.17, 15) is 9.59 Å². The van der Waals surface area contributed by atoms with E-state index in [0.29, 0.717) is 47.9 Å². The van der Waals surface area contributed by atoms with E-state index in [1.807, 2.05) is 42.5 Å². The van der Waals surface area contributed by atoms with Crippen molar-refractivity contribution in [3.05, 3.63) is 119 Å². The molecule has 1 atom stereocenters. The molecule has 3 aromatic carbocycles. The van der Waals surface area contributed by atoms with Gasteiger partial charge in [0, 0.05) is 11.1 Å². The van der Waals surface area contributed by atoms with Crippen LogP contribution in [-0.4, -0.2) is 24.3 Å². The topological polar surface area (TPSA) is 83.0 Å². The van der Waals surface area contributed by atoms with E-state index < -0.39 is 12.0 Å². The molecular formula is C32H24Cl2N2O5S. The molecule has 0 amide bonds. The van der Waals surface area contributed by atoms with Crippen molar-refractivity contribution in [2.45, 2.75) is 19.9 Å². The zero-order chi connectivity index (χ0) is 29.5. The normalized spacial score (nSPS) is 15.1. The number of carbonyl (C=O) groups excluding carboxylic acids is 1. The predicted octanol–water partition coefficient (Wildman–Crippen LogP) is 6.53. The van der Waals surface area contributed by atoms with Gasteiger partial charge in [-0.25, -0.2) is 9.79 Å². The molecular weight excluding hydrogens is 595 g/mol. The average molecular weight is 620 g/mol. The van der Waals surface area contributed by atoms with E-state index in [-0.39, 0.29) is 17.7 Å². The van der Waals surface area contributed by atoms with Crippen molar-refractivity contribution < 1.29 is 18.7 Å². The van der Waals surface area contributed by atoms with Gasteiger partial charge in [0.25, 0.3) is 5.56 Å². The van der Waals surface area contributed by atoms with E-state index in [0.717, 1.165) is 16.3 Å². The Morgan fingerprint density at radius 1 is 1.10 bits per heavy atom. The number of hydrogen-bond donors (Lipinski definition) is 0. The Hall–Kier alpha value is -4.11. The van der Waals surface area contributed by atoms with Crippen LogP contribution in [0.4, 0.5) is 0 Å². The molecule has 7 nitrogen and oxygen atoms in total. The van der Waals surface area contributed by atoms with Crippen LogP contribution in [0.15, 0.2) is 92.2 Å². The van der Waals surface area contributed by atoms with E-state index in [1.165, 1.54) is 15.9 Å². The molecule has 1 aliphatic rings. The maximum Gasteiger partial charge on any atom is 0.338 e. The number of ether oxygens (including phenoxy) is 2. The fourth-order valence-corrected chi connectivity index (χ4v) is 6.43. The lowest BCUT2D eigenvalue weighted by Crippen LogP contribution is -2.39. The second-order valence-electron chi connectivity index (χ2n) is 9.54. The number of thiazole rings is 1. The Morgan fingerprint density at radius 3 is 2.67 bits per heavy atom. The molecule has 10 heteroatoms. The summed E-state index contributed by atoms with van der Waals surface area (Å²) in [4.78, 5) is 32.5. The SMILES string of the molecule is CCOC(=O)C1=C(C)N=c2s/c(=C\c3c(OC)ccc4ccccc34)c(=O)n2[C@H]1c1ccc(-c2ccc(Cl)c(Cl)c2)o1. The summed E-state index contributed by atoms with van der Waals surface area (Å²) in [5.74, 6) is 0.950. The molecule has 42 heavy (non-hydrogen) atoms. The van der Waals surface area contributed by atoms with Gasteiger partial charge in [0.2, 0.25) is 0 Å². The van der Waals surface area contributed by atoms with Crippen LogP contribution in [-0.2, 0) is 9.53 Å². The number of carbonyl (C=O) groups is 1. The number of halogens is 2. The first-order valence-electron chi connectivity index (χ1n) is 13.1. The number of rotatable bonds is 6. The maximum atomic E-state index is 14.1. The second kappa shape index (κ2) is 11.3. The van der Waals surface area contributed by atoms with Crippen LogP contribution in [0.1, 0.15) is 31.2 Å². The van der Waals surface area contributed by atoms with Crippen molar-refractivity contribution in [2.24, 2.45) is 4.99 Å². The molecule has 0 aliphatic carbocycles. The highest BCUT2D eigenvalue weighted by Crippen LogP contribution is 2.36. The van der Waals surface area contributed by atoms with Gasteiger partial charge in [-0.3, -0.25) is 9.36 Å². The van der Waals surface area contributed by atoms with Crippen LogP contribution in [0.5, 0.6) is 5.75 Å². The molecule has 0 unspecified atom stereocenters. The summed E-state index contributed by atoms with van der Waals surface area (Å²) in [5, 5.41) is 2.76. The molecule has 0 bridgehead atoms. The van der Waals surface area contributed by atoms with Gasteiger partial charge in [0.15, 0.2) is 4.80 Å².